The van der Waals surface area contributed by atoms with Crippen LogP contribution in [0.1, 0.15) is 27.8 Å². The van der Waals surface area contributed by atoms with Gasteiger partial charge in [0.05, 0.1) is 6.42 Å². The monoisotopic (exact) mass is 385 g/mol. The first-order chi connectivity index (χ1) is 13.6. The fourth-order valence-corrected chi connectivity index (χ4v) is 2.48. The molecule has 0 fully saturated rings. The van der Waals surface area contributed by atoms with Crippen LogP contribution in [-0.4, -0.2) is 33.9 Å². The van der Waals surface area contributed by atoms with Gasteiger partial charge in [0.15, 0.2) is 23.1 Å². The molecule has 0 aliphatic carbocycles. The van der Waals surface area contributed by atoms with Crippen molar-refractivity contribution in [3.63, 3.8) is 0 Å². The quantitative estimate of drug-likeness (QED) is 0.640. The molecule has 0 saturated carbocycles. The highest BCUT2D eigenvalue weighted by atomic mass is 16.7. The highest BCUT2D eigenvalue weighted by Crippen LogP contribution is 2.32. The number of rotatable bonds is 6. The van der Waals surface area contributed by atoms with Gasteiger partial charge in [-0.05, 0) is 24.6 Å². The summed E-state index contributed by atoms with van der Waals surface area (Å²) in [4.78, 5) is 28.0. The molecule has 1 aliphatic heterocycles. The lowest BCUT2D eigenvalue weighted by molar-refractivity contribution is -0.115. The molecule has 0 unspecified atom stereocenters. The van der Waals surface area contributed by atoms with Crippen molar-refractivity contribution in [3.8, 4) is 11.5 Å². The number of carbonyl (C=O) groups excluding carboxylic acids is 2. The molecule has 0 atom stereocenters. The third-order valence-corrected chi connectivity index (χ3v) is 3.77. The van der Waals surface area contributed by atoms with Crippen molar-refractivity contribution >= 4 is 17.6 Å². The van der Waals surface area contributed by atoms with E-state index in [9.17, 15) is 9.59 Å². The maximum Gasteiger partial charge on any atom is 0.315 e. The molecule has 2 N–H and O–H groups in total. The van der Waals surface area contributed by atoms with Crippen LogP contribution in [0.15, 0.2) is 33.3 Å². The number of ether oxygens (including phenoxy) is 2. The lowest BCUT2D eigenvalue weighted by Crippen LogP contribution is -2.23. The van der Waals surface area contributed by atoms with Crippen molar-refractivity contribution in [2.75, 3.05) is 12.1 Å². The van der Waals surface area contributed by atoms with Crippen LogP contribution in [0.2, 0.25) is 0 Å². The molecule has 28 heavy (non-hydrogen) atoms. The van der Waals surface area contributed by atoms with Crippen molar-refractivity contribution in [2.45, 2.75) is 19.9 Å². The van der Waals surface area contributed by atoms with E-state index in [-0.39, 0.29) is 37.3 Å². The van der Waals surface area contributed by atoms with Crippen LogP contribution in [0.5, 0.6) is 11.5 Å². The topological polar surface area (TPSA) is 142 Å². The molecule has 1 aromatic carbocycles. The van der Waals surface area contributed by atoms with Crippen LogP contribution in [0, 0.1) is 6.92 Å². The van der Waals surface area contributed by atoms with Gasteiger partial charge in [0.2, 0.25) is 12.7 Å². The number of carbonyl (C=O) groups is 2. The van der Waals surface area contributed by atoms with E-state index in [0.717, 1.165) is 5.56 Å². The average molecular weight is 385 g/mol. The van der Waals surface area contributed by atoms with Gasteiger partial charge in [-0.25, -0.2) is 0 Å². The Bertz CT molecular complexity index is 1030. The van der Waals surface area contributed by atoms with Gasteiger partial charge in [-0.2, -0.15) is 4.98 Å². The third-order valence-electron chi connectivity index (χ3n) is 3.77. The molecule has 2 amide bonds. The van der Waals surface area contributed by atoms with E-state index < -0.39 is 11.8 Å². The Hall–Kier alpha value is -3.89. The Balaban J connectivity index is 1.30. The van der Waals surface area contributed by atoms with Crippen LogP contribution < -0.4 is 20.1 Å². The molecular formula is C17H15N5O6. The van der Waals surface area contributed by atoms with E-state index in [1.807, 2.05) is 6.07 Å². The summed E-state index contributed by atoms with van der Waals surface area (Å²) < 4.78 is 20.3. The smallest absolute Gasteiger partial charge is 0.315 e. The lowest BCUT2D eigenvalue weighted by Gasteiger charge is -2.03. The lowest BCUT2D eigenvalue weighted by atomic mass is 10.2. The molecule has 0 saturated heterocycles. The van der Waals surface area contributed by atoms with Gasteiger partial charge in [-0.1, -0.05) is 16.4 Å². The maximum absolute atomic E-state index is 12.2. The number of nitrogens with one attached hydrogen (secondary N) is 2. The van der Waals surface area contributed by atoms with E-state index >= 15 is 0 Å². The molecule has 0 bridgehead atoms. The molecule has 3 heterocycles. The fraction of sp³-hybridized carbons (Fsp3) is 0.235. The SMILES string of the molecule is Cc1cc(NC(=O)Cc2noc(C(=O)NCc3ccc4c(c3)OCO4)n2)no1. The minimum atomic E-state index is -0.552. The Labute approximate surface area is 158 Å². The summed E-state index contributed by atoms with van der Waals surface area (Å²) in [6.07, 6.45) is -0.176. The predicted octanol–water partition coefficient (Wildman–Crippen LogP) is 1.21. The fourth-order valence-electron chi connectivity index (χ4n) is 2.48. The maximum atomic E-state index is 12.2. The second-order valence-electron chi connectivity index (χ2n) is 5.93. The zero-order valence-corrected chi connectivity index (χ0v) is 14.7. The molecular weight excluding hydrogens is 370 g/mol. The van der Waals surface area contributed by atoms with Crippen molar-refractivity contribution in [1.82, 2.24) is 20.6 Å². The standard InChI is InChI=1S/C17H15N5O6/c1-9-4-13(21-27-9)19-15(23)6-14-20-17(28-22-14)16(24)18-7-10-2-3-11-12(5-10)26-8-25-11/h2-5H,6-8H2,1H3,(H,18,24)(H,19,21,23). The Kier molecular flexibility index (Phi) is 4.62. The van der Waals surface area contributed by atoms with E-state index in [1.165, 1.54) is 0 Å². The normalized spacial score (nSPS) is 12.0. The second kappa shape index (κ2) is 7.39. The summed E-state index contributed by atoms with van der Waals surface area (Å²) in [6.45, 7) is 2.12. The zero-order valence-electron chi connectivity index (χ0n) is 14.7. The number of hydrogen-bond acceptors (Lipinski definition) is 9. The zero-order chi connectivity index (χ0) is 19.5. The summed E-state index contributed by atoms with van der Waals surface area (Å²) in [5.41, 5.74) is 0.819. The largest absolute Gasteiger partial charge is 0.454 e. The summed E-state index contributed by atoms with van der Waals surface area (Å²) >= 11 is 0. The predicted molar refractivity (Wildman–Crippen MR) is 91.6 cm³/mol. The van der Waals surface area contributed by atoms with Gasteiger partial charge in [0.1, 0.15) is 5.76 Å². The Morgan fingerprint density at radius 3 is 2.79 bits per heavy atom. The van der Waals surface area contributed by atoms with Gasteiger partial charge in [-0.15, -0.1) is 0 Å². The van der Waals surface area contributed by atoms with Gasteiger partial charge >= 0.3 is 11.8 Å². The van der Waals surface area contributed by atoms with Crippen molar-refractivity contribution in [1.29, 1.82) is 0 Å². The van der Waals surface area contributed by atoms with Crippen molar-refractivity contribution in [2.24, 2.45) is 0 Å². The van der Waals surface area contributed by atoms with E-state index in [0.29, 0.717) is 17.3 Å². The number of aryl methyl sites for hydroxylation is 1. The van der Waals surface area contributed by atoms with Crippen LogP contribution in [0.3, 0.4) is 0 Å². The van der Waals surface area contributed by atoms with Crippen LogP contribution in [0.4, 0.5) is 5.82 Å². The molecule has 1 aliphatic rings. The Morgan fingerprint density at radius 1 is 1.11 bits per heavy atom. The first-order valence-electron chi connectivity index (χ1n) is 8.29. The first kappa shape index (κ1) is 17.5. The summed E-state index contributed by atoms with van der Waals surface area (Å²) in [7, 11) is 0. The number of anilines is 1. The number of fused-ring (bicyclic) bond motifs is 1. The number of benzene rings is 1. The summed E-state index contributed by atoms with van der Waals surface area (Å²) in [5.74, 6) is 1.01. The molecule has 144 valence electrons. The minimum absolute atomic E-state index is 0.0750. The second-order valence-corrected chi connectivity index (χ2v) is 5.93. The number of aromatic nitrogens is 3. The molecule has 3 aromatic rings. The van der Waals surface area contributed by atoms with Crippen LogP contribution >= 0.6 is 0 Å². The first-order valence-corrected chi connectivity index (χ1v) is 8.29. The molecule has 4 rings (SSSR count). The molecule has 11 nitrogen and oxygen atoms in total. The van der Waals surface area contributed by atoms with Crippen molar-refractivity contribution in [3.05, 3.63) is 47.3 Å². The highest BCUT2D eigenvalue weighted by molar-refractivity contribution is 5.91. The van der Waals surface area contributed by atoms with Gasteiger partial charge < -0.3 is 29.2 Å². The van der Waals surface area contributed by atoms with Crippen molar-refractivity contribution < 1.29 is 28.1 Å². The number of nitrogens with zero attached hydrogens (tertiary/aromatic N) is 3. The molecule has 0 spiro atoms. The van der Waals surface area contributed by atoms with Crippen LogP contribution in [-0.2, 0) is 17.8 Å². The Morgan fingerprint density at radius 2 is 1.96 bits per heavy atom. The summed E-state index contributed by atoms with van der Waals surface area (Å²) in [6, 6.07) is 6.92. The molecule has 2 aromatic heterocycles. The summed E-state index contributed by atoms with van der Waals surface area (Å²) in [5, 5.41) is 12.5. The minimum Gasteiger partial charge on any atom is -0.454 e. The van der Waals surface area contributed by atoms with E-state index in [1.54, 1.807) is 25.1 Å². The number of hydrogen-bond donors (Lipinski definition) is 2. The van der Waals surface area contributed by atoms with Gasteiger partial charge in [0.25, 0.3) is 0 Å². The highest BCUT2D eigenvalue weighted by Gasteiger charge is 2.18. The van der Waals surface area contributed by atoms with E-state index in [2.05, 4.69) is 25.9 Å². The third kappa shape index (κ3) is 3.92. The van der Waals surface area contributed by atoms with Crippen LogP contribution in [0.25, 0.3) is 0 Å². The van der Waals surface area contributed by atoms with E-state index in [4.69, 9.17) is 18.5 Å². The van der Waals surface area contributed by atoms with Gasteiger partial charge in [-0.3, -0.25) is 9.59 Å². The average Bonchev–Trinajstić information content (AvgIpc) is 3.40. The van der Waals surface area contributed by atoms with Gasteiger partial charge in [0, 0.05) is 12.6 Å². The molecule has 0 radical (unpaired) electrons. The number of amides is 2. The molecule has 11 heteroatoms.